The molecule has 80 heavy (non-hydrogen) atoms. The lowest BCUT2D eigenvalue weighted by atomic mass is 10.1. The number of hydrogen-bond donors (Lipinski definition) is 1. The molecule has 0 saturated heterocycles. The maximum Gasteiger partial charge on any atom is 0.471 e. The van der Waals surface area contributed by atoms with E-state index in [0.29, 0.717) is 56.9 Å². The summed E-state index contributed by atoms with van der Waals surface area (Å²) in [5.41, 5.74) is 0. The Hall–Kier alpha value is -2.90. The van der Waals surface area contributed by atoms with Crippen LogP contribution in [0.15, 0.2) is 0 Å². The van der Waals surface area contributed by atoms with Gasteiger partial charge in [0.2, 0.25) is 0 Å². The van der Waals surface area contributed by atoms with Crippen LogP contribution in [-0.2, 0) is 42.9 Å². The van der Waals surface area contributed by atoms with Gasteiger partial charge in [-0.25, -0.2) is 0 Å². The zero-order chi connectivity index (χ0) is 59.1. The first-order valence-corrected chi connectivity index (χ1v) is 33.6. The third-order valence-electron chi connectivity index (χ3n) is 14.8. The molecular weight excluding hydrogens is 1020 g/mol. The van der Waals surface area contributed by atoms with Gasteiger partial charge in [-0.3, -0.25) is 24.0 Å². The molecule has 0 aliphatic heterocycles. The minimum absolute atomic E-state index is 0.101. The third kappa shape index (κ3) is 62.7. The summed E-state index contributed by atoms with van der Waals surface area (Å²) in [5.74, 6) is -3.19. The number of carbonyl (C=O) groups excluding carboxylic acids is 5. The molecule has 0 radical (unpaired) electrons. The largest absolute Gasteiger partial charge is 0.471 e. The summed E-state index contributed by atoms with van der Waals surface area (Å²) >= 11 is 0. The maximum absolute atomic E-state index is 13.0. The second kappa shape index (κ2) is 63.7. The molecule has 0 bridgehead atoms. The Balaban J connectivity index is 0. The van der Waals surface area contributed by atoms with Gasteiger partial charge in [-0.2, -0.15) is 13.2 Å². The van der Waals surface area contributed by atoms with Gasteiger partial charge >= 0.3 is 36.0 Å². The van der Waals surface area contributed by atoms with Crippen LogP contribution in [0.1, 0.15) is 336 Å². The van der Waals surface area contributed by atoms with E-state index >= 15 is 0 Å². The van der Waals surface area contributed by atoms with Crippen molar-refractivity contribution in [2.75, 3.05) is 52.6 Å². The van der Waals surface area contributed by atoms with Gasteiger partial charge < -0.3 is 29.2 Å². The highest BCUT2D eigenvalue weighted by atomic mass is 19.4. The van der Waals surface area contributed by atoms with Crippen LogP contribution in [-0.4, -0.2) is 93.5 Å². The van der Waals surface area contributed by atoms with Crippen LogP contribution in [0.3, 0.4) is 0 Å². The molecule has 11 nitrogen and oxygen atoms in total. The topological polar surface area (TPSA) is 138 Å². The highest BCUT2D eigenvalue weighted by Crippen LogP contribution is 2.20. The van der Waals surface area contributed by atoms with Crippen molar-refractivity contribution in [3.05, 3.63) is 0 Å². The second-order valence-electron chi connectivity index (χ2n) is 22.6. The predicted molar refractivity (Wildman–Crippen MR) is 324 cm³/mol. The lowest BCUT2D eigenvalue weighted by molar-refractivity contribution is -0.187. The SMILES string of the molecule is CCCCCCCCCCCCCC(=O)OCCN(CCOC(=O)CCCCCCCCCCCCC)C(=O)C(F)(F)F.CCCCCCCCCCCCCC(=O)OCCNCCOC(=O)CCCCCCCCCCCCC. The van der Waals surface area contributed by atoms with E-state index < -0.39 is 37.1 Å². The fraction of sp³-hybridized carbons (Fsp3) is 0.924. The summed E-state index contributed by atoms with van der Waals surface area (Å²) in [6, 6.07) is 0. The molecule has 0 aliphatic rings. The van der Waals surface area contributed by atoms with Crippen LogP contribution in [0.5, 0.6) is 0 Å². The number of unbranched alkanes of at least 4 members (excludes halogenated alkanes) is 40. The van der Waals surface area contributed by atoms with E-state index in [-0.39, 0.29) is 38.0 Å². The van der Waals surface area contributed by atoms with Gasteiger partial charge in [0.15, 0.2) is 0 Å². The Morgan fingerprint density at radius 2 is 0.487 bits per heavy atom. The van der Waals surface area contributed by atoms with Crippen molar-refractivity contribution in [3.8, 4) is 0 Å². The molecule has 0 saturated carbocycles. The van der Waals surface area contributed by atoms with Gasteiger partial charge in [0.25, 0.3) is 0 Å². The molecule has 0 aliphatic carbocycles. The standard InChI is InChI=1S/C34H62F3NO5.C32H63NO4/c1-3-5-7-9-11-13-15-17-19-21-23-25-31(39)42-29-27-38(33(41)34(35,36)37)28-30-43-32(40)26-24-22-20-18-16-14-12-10-8-6-4-2;1-3-5-7-9-11-13-15-17-19-21-23-25-31(34)36-29-27-33-28-30-37-32(35)26-24-22-20-18-16-14-12-10-8-6-4-2/h3-30H2,1-2H3;33H,3-30H2,1-2H3. The number of nitrogens with one attached hydrogen (secondary N) is 1. The third-order valence-corrected chi connectivity index (χ3v) is 14.8. The quantitative estimate of drug-likeness (QED) is 0.0356. The first-order valence-electron chi connectivity index (χ1n) is 33.6. The lowest BCUT2D eigenvalue weighted by Gasteiger charge is -2.23. The average Bonchev–Trinajstić information content (AvgIpc) is 3.43. The number of alkyl halides is 3. The summed E-state index contributed by atoms with van der Waals surface area (Å²) in [6.45, 7) is 9.42. The van der Waals surface area contributed by atoms with Gasteiger partial charge in [-0.15, -0.1) is 0 Å². The van der Waals surface area contributed by atoms with Crippen LogP contribution in [0.4, 0.5) is 13.2 Å². The minimum atomic E-state index is -5.06. The number of nitrogens with zero attached hydrogens (tertiary/aromatic N) is 1. The van der Waals surface area contributed by atoms with E-state index in [0.717, 1.165) is 64.2 Å². The van der Waals surface area contributed by atoms with Crippen LogP contribution >= 0.6 is 0 Å². The maximum atomic E-state index is 13.0. The number of amides is 1. The summed E-state index contributed by atoms with van der Waals surface area (Å²) < 4.78 is 59.8. The molecule has 0 spiro atoms. The Morgan fingerprint density at radius 3 is 0.688 bits per heavy atom. The van der Waals surface area contributed by atoms with Crippen molar-refractivity contribution < 1.29 is 56.1 Å². The van der Waals surface area contributed by atoms with Crippen molar-refractivity contribution >= 4 is 29.8 Å². The minimum Gasteiger partial charge on any atom is -0.464 e. The predicted octanol–water partition coefficient (Wildman–Crippen LogP) is 18.9. The van der Waals surface area contributed by atoms with E-state index in [1.54, 1.807) is 0 Å². The van der Waals surface area contributed by atoms with E-state index in [1.165, 1.54) is 205 Å². The first kappa shape index (κ1) is 79.2. The molecule has 0 aromatic carbocycles. The molecular formula is C66H125F3N2O9. The van der Waals surface area contributed by atoms with Crippen LogP contribution < -0.4 is 5.32 Å². The summed E-state index contributed by atoms with van der Waals surface area (Å²) in [4.78, 5) is 59.9. The number of ether oxygens (including phenoxy) is 4. The average molecular weight is 1150 g/mol. The molecule has 0 atom stereocenters. The molecule has 1 amide bonds. The molecule has 1 N–H and O–H groups in total. The first-order chi connectivity index (χ1) is 38.9. The van der Waals surface area contributed by atoms with Gasteiger partial charge in [0.05, 0.1) is 13.1 Å². The van der Waals surface area contributed by atoms with Crippen LogP contribution in [0, 0.1) is 0 Å². The van der Waals surface area contributed by atoms with E-state index in [9.17, 15) is 37.1 Å². The Labute approximate surface area is 489 Å². The highest BCUT2D eigenvalue weighted by Gasteiger charge is 2.42. The second-order valence-corrected chi connectivity index (χ2v) is 22.6. The Bertz CT molecular complexity index is 1280. The highest BCUT2D eigenvalue weighted by molar-refractivity contribution is 5.82. The van der Waals surface area contributed by atoms with Crippen molar-refractivity contribution in [2.24, 2.45) is 0 Å². The van der Waals surface area contributed by atoms with Gasteiger partial charge in [-0.1, -0.05) is 285 Å². The number of esters is 4. The summed E-state index contributed by atoms with van der Waals surface area (Å²) in [5, 5.41) is 3.17. The molecule has 474 valence electrons. The van der Waals surface area contributed by atoms with E-state index in [1.807, 2.05) is 0 Å². The molecule has 0 fully saturated rings. The molecule has 0 aromatic rings. The number of carbonyl (C=O) groups is 5. The molecule has 0 heterocycles. The van der Waals surface area contributed by atoms with Crippen LogP contribution in [0.2, 0.25) is 0 Å². The lowest BCUT2D eigenvalue weighted by Crippen LogP contribution is -2.44. The molecule has 14 heteroatoms. The zero-order valence-electron chi connectivity index (χ0n) is 52.4. The van der Waals surface area contributed by atoms with Gasteiger partial charge in [0.1, 0.15) is 26.4 Å². The van der Waals surface area contributed by atoms with Crippen molar-refractivity contribution in [1.29, 1.82) is 0 Å². The van der Waals surface area contributed by atoms with Crippen molar-refractivity contribution in [1.82, 2.24) is 10.2 Å². The summed E-state index contributed by atoms with van der Waals surface area (Å²) in [7, 11) is 0. The normalized spacial score (nSPS) is 11.3. The van der Waals surface area contributed by atoms with Gasteiger partial charge in [-0.05, 0) is 25.7 Å². The Morgan fingerprint density at radius 1 is 0.300 bits per heavy atom. The van der Waals surface area contributed by atoms with Crippen LogP contribution in [0.25, 0.3) is 0 Å². The number of rotatable bonds is 60. The number of hydrogen-bond acceptors (Lipinski definition) is 10. The summed E-state index contributed by atoms with van der Waals surface area (Å²) in [6.07, 6.45) is 50.0. The van der Waals surface area contributed by atoms with Crippen molar-refractivity contribution in [3.63, 3.8) is 0 Å². The van der Waals surface area contributed by atoms with Gasteiger partial charge in [0, 0.05) is 38.8 Å². The van der Waals surface area contributed by atoms with Crippen molar-refractivity contribution in [2.45, 2.75) is 342 Å². The smallest absolute Gasteiger partial charge is 0.464 e. The Kier molecular flexibility index (Phi) is 63.0. The molecule has 0 rings (SSSR count). The monoisotopic (exact) mass is 1150 g/mol. The number of halogens is 3. The fourth-order valence-electron chi connectivity index (χ4n) is 9.66. The molecule has 0 unspecified atom stereocenters. The van der Waals surface area contributed by atoms with E-state index in [2.05, 4.69) is 33.0 Å². The fourth-order valence-corrected chi connectivity index (χ4v) is 9.66. The zero-order valence-corrected chi connectivity index (χ0v) is 52.4. The molecule has 0 aromatic heterocycles. The van der Waals surface area contributed by atoms with E-state index in [4.69, 9.17) is 18.9 Å².